The Labute approximate surface area is 151 Å². The van der Waals surface area contributed by atoms with Gasteiger partial charge in [-0.3, -0.25) is 4.79 Å². The Morgan fingerprint density at radius 1 is 1.08 bits per heavy atom. The van der Waals surface area contributed by atoms with Crippen LogP contribution >= 0.6 is 23.2 Å². The highest BCUT2D eigenvalue weighted by molar-refractivity contribution is 6.42. The van der Waals surface area contributed by atoms with E-state index in [4.69, 9.17) is 23.2 Å². The Morgan fingerprint density at radius 2 is 1.88 bits per heavy atom. The van der Waals surface area contributed by atoms with Crippen molar-refractivity contribution in [1.82, 2.24) is 10.3 Å². The van der Waals surface area contributed by atoms with E-state index in [2.05, 4.69) is 15.6 Å². The standard InChI is InChI=1S/C18H19Cl2N3O/c19-15-9-8-13(11-16(15)20)22-17-14(7-4-10-21-17)18(24)23-12-5-2-1-3-6-12/h4,7-12H,1-3,5-6H2,(H,21,22)(H,23,24). The third-order valence-electron chi connectivity index (χ3n) is 4.18. The van der Waals surface area contributed by atoms with Crippen LogP contribution in [0.2, 0.25) is 10.0 Å². The maximum Gasteiger partial charge on any atom is 0.255 e. The number of hydrogen-bond donors (Lipinski definition) is 2. The normalized spacial score (nSPS) is 15.1. The Hall–Kier alpha value is -1.78. The fourth-order valence-corrected chi connectivity index (χ4v) is 3.21. The van der Waals surface area contributed by atoms with Crippen LogP contribution in [0.1, 0.15) is 42.5 Å². The molecule has 2 aromatic rings. The summed E-state index contributed by atoms with van der Waals surface area (Å²) in [6, 6.07) is 8.99. The summed E-state index contributed by atoms with van der Waals surface area (Å²) in [5.74, 6) is 0.404. The maximum absolute atomic E-state index is 12.6. The van der Waals surface area contributed by atoms with Crippen LogP contribution in [0, 0.1) is 0 Å². The zero-order chi connectivity index (χ0) is 16.9. The number of rotatable bonds is 4. The maximum atomic E-state index is 12.6. The Kier molecular flexibility index (Phi) is 5.59. The van der Waals surface area contributed by atoms with Crippen LogP contribution in [0.25, 0.3) is 0 Å². The minimum absolute atomic E-state index is 0.0995. The van der Waals surface area contributed by atoms with Gasteiger partial charge in [-0.05, 0) is 43.2 Å². The number of anilines is 2. The molecule has 0 unspecified atom stereocenters. The van der Waals surface area contributed by atoms with E-state index in [-0.39, 0.29) is 11.9 Å². The highest BCUT2D eigenvalue weighted by Crippen LogP contribution is 2.27. The summed E-state index contributed by atoms with van der Waals surface area (Å²) in [5, 5.41) is 7.19. The number of benzene rings is 1. The van der Waals surface area contributed by atoms with Crippen LogP contribution in [-0.2, 0) is 0 Å². The first-order chi connectivity index (χ1) is 11.6. The van der Waals surface area contributed by atoms with Gasteiger partial charge >= 0.3 is 0 Å². The van der Waals surface area contributed by atoms with Crippen molar-refractivity contribution in [2.45, 2.75) is 38.1 Å². The van der Waals surface area contributed by atoms with Gasteiger partial charge in [0.25, 0.3) is 5.91 Å². The number of pyridine rings is 1. The van der Waals surface area contributed by atoms with Gasteiger partial charge < -0.3 is 10.6 Å². The average Bonchev–Trinajstić information content (AvgIpc) is 2.59. The van der Waals surface area contributed by atoms with Gasteiger partial charge in [0, 0.05) is 17.9 Å². The molecule has 0 bridgehead atoms. The quantitative estimate of drug-likeness (QED) is 0.785. The minimum atomic E-state index is -0.0995. The smallest absolute Gasteiger partial charge is 0.255 e. The van der Waals surface area contributed by atoms with Crippen molar-refractivity contribution in [1.29, 1.82) is 0 Å². The molecule has 4 nitrogen and oxygen atoms in total. The summed E-state index contributed by atoms with van der Waals surface area (Å²) < 4.78 is 0. The number of nitrogens with zero attached hydrogens (tertiary/aromatic N) is 1. The minimum Gasteiger partial charge on any atom is -0.349 e. The van der Waals surface area contributed by atoms with Gasteiger partial charge in [-0.1, -0.05) is 42.5 Å². The van der Waals surface area contributed by atoms with Gasteiger partial charge in [-0.2, -0.15) is 0 Å². The van der Waals surface area contributed by atoms with Crippen molar-refractivity contribution >= 4 is 40.6 Å². The first-order valence-electron chi connectivity index (χ1n) is 8.11. The molecule has 0 radical (unpaired) electrons. The predicted molar refractivity (Wildman–Crippen MR) is 98.3 cm³/mol. The molecule has 1 aliphatic carbocycles. The van der Waals surface area contributed by atoms with E-state index in [1.54, 1.807) is 36.5 Å². The Balaban J connectivity index is 1.76. The number of amides is 1. The van der Waals surface area contributed by atoms with Gasteiger partial charge in [0.1, 0.15) is 5.82 Å². The topological polar surface area (TPSA) is 54.0 Å². The van der Waals surface area contributed by atoms with E-state index in [9.17, 15) is 4.79 Å². The highest BCUT2D eigenvalue weighted by Gasteiger charge is 2.19. The lowest BCUT2D eigenvalue weighted by atomic mass is 9.95. The van der Waals surface area contributed by atoms with Gasteiger partial charge in [0.2, 0.25) is 0 Å². The molecule has 1 aromatic heterocycles. The van der Waals surface area contributed by atoms with Crippen LogP contribution in [0.5, 0.6) is 0 Å². The lowest BCUT2D eigenvalue weighted by molar-refractivity contribution is 0.0928. The molecule has 1 amide bonds. The third-order valence-corrected chi connectivity index (χ3v) is 4.91. The summed E-state index contributed by atoms with van der Waals surface area (Å²) >= 11 is 12.0. The molecule has 0 aliphatic heterocycles. The van der Waals surface area contributed by atoms with Crippen molar-refractivity contribution in [2.24, 2.45) is 0 Å². The molecule has 1 heterocycles. The lowest BCUT2D eigenvalue weighted by Gasteiger charge is -2.23. The fraction of sp³-hybridized carbons (Fsp3) is 0.333. The molecule has 6 heteroatoms. The van der Waals surface area contributed by atoms with E-state index in [1.807, 2.05) is 0 Å². The van der Waals surface area contributed by atoms with E-state index in [0.717, 1.165) is 18.5 Å². The van der Waals surface area contributed by atoms with E-state index < -0.39 is 0 Å². The monoisotopic (exact) mass is 363 g/mol. The molecule has 0 spiro atoms. The van der Waals surface area contributed by atoms with Crippen LogP contribution in [0.3, 0.4) is 0 Å². The number of nitrogens with one attached hydrogen (secondary N) is 2. The van der Waals surface area contributed by atoms with Gasteiger partial charge in [0.05, 0.1) is 15.6 Å². The molecule has 126 valence electrons. The molecule has 1 fully saturated rings. The van der Waals surface area contributed by atoms with Crippen molar-refractivity contribution in [3.05, 3.63) is 52.1 Å². The number of carbonyl (C=O) groups is 1. The molecule has 1 aromatic carbocycles. The summed E-state index contributed by atoms with van der Waals surface area (Å²) in [6.07, 6.45) is 7.34. The van der Waals surface area contributed by atoms with E-state index >= 15 is 0 Å². The number of hydrogen-bond acceptors (Lipinski definition) is 3. The molecular weight excluding hydrogens is 345 g/mol. The molecule has 0 saturated heterocycles. The SMILES string of the molecule is O=C(NC1CCCCC1)c1cccnc1Nc1ccc(Cl)c(Cl)c1. The molecule has 3 rings (SSSR count). The number of carbonyl (C=O) groups excluding carboxylic acids is 1. The van der Waals surface area contributed by atoms with Crippen molar-refractivity contribution in [2.75, 3.05) is 5.32 Å². The Bertz CT molecular complexity index is 730. The lowest BCUT2D eigenvalue weighted by Crippen LogP contribution is -2.36. The van der Waals surface area contributed by atoms with Crippen LogP contribution in [-0.4, -0.2) is 16.9 Å². The molecule has 1 saturated carbocycles. The molecular formula is C18H19Cl2N3O. The van der Waals surface area contributed by atoms with Gasteiger partial charge in [0.15, 0.2) is 0 Å². The zero-order valence-corrected chi connectivity index (χ0v) is 14.7. The number of halogens is 2. The van der Waals surface area contributed by atoms with Crippen molar-refractivity contribution in [3.8, 4) is 0 Å². The second-order valence-corrected chi connectivity index (χ2v) is 6.78. The Morgan fingerprint density at radius 3 is 2.62 bits per heavy atom. The van der Waals surface area contributed by atoms with Crippen molar-refractivity contribution in [3.63, 3.8) is 0 Å². The summed E-state index contributed by atoms with van der Waals surface area (Å²) in [7, 11) is 0. The zero-order valence-electron chi connectivity index (χ0n) is 13.2. The molecule has 2 N–H and O–H groups in total. The van der Waals surface area contributed by atoms with E-state index in [1.165, 1.54) is 19.3 Å². The first-order valence-corrected chi connectivity index (χ1v) is 8.87. The van der Waals surface area contributed by atoms with Crippen LogP contribution in [0.15, 0.2) is 36.5 Å². The fourth-order valence-electron chi connectivity index (χ4n) is 2.91. The first kappa shape index (κ1) is 17.1. The van der Waals surface area contributed by atoms with E-state index in [0.29, 0.717) is 21.4 Å². The second-order valence-electron chi connectivity index (χ2n) is 5.96. The summed E-state index contributed by atoms with van der Waals surface area (Å²) in [6.45, 7) is 0. The predicted octanol–water partition coefficient (Wildman–Crippen LogP) is 5.19. The molecule has 1 aliphatic rings. The largest absolute Gasteiger partial charge is 0.349 e. The highest BCUT2D eigenvalue weighted by atomic mass is 35.5. The molecule has 0 atom stereocenters. The second kappa shape index (κ2) is 7.86. The summed E-state index contributed by atoms with van der Waals surface area (Å²) in [4.78, 5) is 16.9. The third kappa shape index (κ3) is 4.19. The molecule has 24 heavy (non-hydrogen) atoms. The van der Waals surface area contributed by atoms with Gasteiger partial charge in [-0.15, -0.1) is 0 Å². The number of aromatic nitrogens is 1. The average molecular weight is 364 g/mol. The van der Waals surface area contributed by atoms with Crippen LogP contribution in [0.4, 0.5) is 11.5 Å². The van der Waals surface area contributed by atoms with Crippen LogP contribution < -0.4 is 10.6 Å². The van der Waals surface area contributed by atoms with Gasteiger partial charge in [-0.25, -0.2) is 4.98 Å². The summed E-state index contributed by atoms with van der Waals surface area (Å²) in [5.41, 5.74) is 1.25. The van der Waals surface area contributed by atoms with Crippen molar-refractivity contribution < 1.29 is 4.79 Å².